The number of hydrogen-bond donors (Lipinski definition) is 0. The molecule has 0 unspecified atom stereocenters. The zero-order chi connectivity index (χ0) is 7.72. The molecule has 60 valence electrons. The number of carbonyl (C=O) groups excluding carboxylic acids is 2. The number of rotatable bonds is 0. The number of ketones is 2. The minimum Gasteiger partial charge on any atom is -0.290 e. The van der Waals surface area contributed by atoms with E-state index in [9.17, 15) is 18.4 Å². The Morgan fingerprint density at radius 1 is 1.00 bits per heavy atom. The molecule has 0 atom stereocenters. The Kier molecular flexibility index (Phi) is 3.07. The molecular formula is C6H3ClF2O2. The van der Waals surface area contributed by atoms with Crippen LogP contribution in [0.25, 0.3) is 0 Å². The summed E-state index contributed by atoms with van der Waals surface area (Å²) in [6.07, 6.45) is 0.900. The molecular weight excluding hydrogens is 178 g/mol. The largest absolute Gasteiger partial charge is 0.290 e. The second kappa shape index (κ2) is 3.39. The molecule has 0 aromatic rings. The molecule has 0 saturated carbocycles. The molecule has 0 saturated heterocycles. The molecule has 0 aromatic heterocycles. The highest BCUT2D eigenvalue weighted by Gasteiger charge is 2.21. The summed E-state index contributed by atoms with van der Waals surface area (Å²) >= 11 is 0. The van der Waals surface area contributed by atoms with E-state index in [1.165, 1.54) is 0 Å². The number of halogens is 3. The van der Waals surface area contributed by atoms with E-state index in [1.54, 1.807) is 0 Å². The van der Waals surface area contributed by atoms with Crippen molar-refractivity contribution < 1.29 is 18.4 Å². The van der Waals surface area contributed by atoms with Gasteiger partial charge in [-0.25, -0.2) is 8.78 Å². The molecule has 2 nitrogen and oxygen atoms in total. The van der Waals surface area contributed by atoms with Crippen LogP contribution in [0, 0.1) is 0 Å². The molecule has 5 heteroatoms. The van der Waals surface area contributed by atoms with Gasteiger partial charge in [-0.2, -0.15) is 0 Å². The summed E-state index contributed by atoms with van der Waals surface area (Å²) in [5.74, 6) is -4.88. The van der Waals surface area contributed by atoms with Crippen LogP contribution in [0.3, 0.4) is 0 Å². The van der Waals surface area contributed by atoms with Crippen LogP contribution in [0.5, 0.6) is 0 Å². The lowest BCUT2D eigenvalue weighted by Gasteiger charge is -1.97. The maximum absolute atomic E-state index is 12.1. The van der Waals surface area contributed by atoms with E-state index >= 15 is 0 Å². The Hall–Kier alpha value is -1.03. The Balaban J connectivity index is 0.000001000. The molecule has 1 aliphatic rings. The number of Topliss-reactive ketones (excluding diaryl/α,β-unsaturated/α-hetero) is 1. The molecule has 1 rings (SSSR count). The third-order valence-corrected chi connectivity index (χ3v) is 0.972. The van der Waals surface area contributed by atoms with Gasteiger partial charge >= 0.3 is 0 Å². The Bertz CT molecular complexity index is 244. The summed E-state index contributed by atoms with van der Waals surface area (Å²) in [4.78, 5) is 20.5. The van der Waals surface area contributed by atoms with Crippen molar-refractivity contribution in [2.45, 2.75) is 0 Å². The van der Waals surface area contributed by atoms with Gasteiger partial charge in [-0.15, -0.1) is 12.4 Å². The van der Waals surface area contributed by atoms with Crippen LogP contribution in [-0.2, 0) is 9.59 Å². The lowest BCUT2D eigenvalue weighted by Crippen LogP contribution is -2.08. The molecule has 0 aliphatic heterocycles. The fourth-order valence-corrected chi connectivity index (χ4v) is 0.537. The van der Waals surface area contributed by atoms with Crippen LogP contribution in [0.4, 0.5) is 8.78 Å². The quantitative estimate of drug-likeness (QED) is 0.526. The topological polar surface area (TPSA) is 34.1 Å². The smallest absolute Gasteiger partial charge is 0.249 e. The van der Waals surface area contributed by atoms with E-state index in [2.05, 4.69) is 0 Å². The molecule has 0 N–H and O–H groups in total. The van der Waals surface area contributed by atoms with Gasteiger partial charge in [0.2, 0.25) is 5.78 Å². The first-order valence-electron chi connectivity index (χ1n) is 2.44. The lowest BCUT2D eigenvalue weighted by atomic mass is 10.1. The van der Waals surface area contributed by atoms with Gasteiger partial charge in [-0.3, -0.25) is 9.59 Å². The molecule has 0 heterocycles. The van der Waals surface area contributed by atoms with E-state index in [0.717, 1.165) is 0 Å². The average molecular weight is 181 g/mol. The Morgan fingerprint density at radius 2 is 1.36 bits per heavy atom. The summed E-state index contributed by atoms with van der Waals surface area (Å²) in [6, 6.07) is 0. The van der Waals surface area contributed by atoms with E-state index in [-0.39, 0.29) is 12.4 Å². The minimum atomic E-state index is -1.36. The predicted molar refractivity (Wildman–Crippen MR) is 35.6 cm³/mol. The van der Waals surface area contributed by atoms with Crippen LogP contribution in [0.15, 0.2) is 23.8 Å². The van der Waals surface area contributed by atoms with Gasteiger partial charge in [0, 0.05) is 12.2 Å². The van der Waals surface area contributed by atoms with Gasteiger partial charge in [0.15, 0.2) is 17.4 Å². The van der Waals surface area contributed by atoms with Gasteiger partial charge in [0.1, 0.15) is 0 Å². The van der Waals surface area contributed by atoms with Crippen LogP contribution < -0.4 is 0 Å². The molecule has 0 spiro atoms. The lowest BCUT2D eigenvalue weighted by molar-refractivity contribution is -0.117. The zero-order valence-corrected chi connectivity index (χ0v) is 5.95. The first-order chi connectivity index (χ1) is 4.61. The van der Waals surface area contributed by atoms with Crippen LogP contribution in [-0.4, -0.2) is 11.6 Å². The molecule has 0 bridgehead atoms. The first-order valence-corrected chi connectivity index (χ1v) is 2.44. The maximum Gasteiger partial charge on any atom is 0.249 e. The van der Waals surface area contributed by atoms with Gasteiger partial charge in [-0.05, 0) is 0 Å². The normalized spacial score (nSPS) is 16.9. The zero-order valence-electron chi connectivity index (χ0n) is 5.14. The molecule has 11 heavy (non-hydrogen) atoms. The van der Waals surface area contributed by atoms with E-state index in [1.807, 2.05) is 0 Å². The second-order valence-corrected chi connectivity index (χ2v) is 1.72. The fraction of sp³-hybridized carbons (Fsp3) is 0. The predicted octanol–water partition coefficient (Wildman–Crippen LogP) is 1.27. The van der Waals surface area contributed by atoms with E-state index < -0.39 is 23.2 Å². The minimum absolute atomic E-state index is 0. The van der Waals surface area contributed by atoms with Crippen molar-refractivity contribution in [3.05, 3.63) is 23.8 Å². The van der Waals surface area contributed by atoms with Crippen molar-refractivity contribution in [2.75, 3.05) is 0 Å². The average Bonchev–Trinajstić information content (AvgIpc) is 1.82. The first kappa shape index (κ1) is 9.97. The van der Waals surface area contributed by atoms with Crippen LogP contribution in [0.1, 0.15) is 0 Å². The van der Waals surface area contributed by atoms with Crippen molar-refractivity contribution in [1.82, 2.24) is 0 Å². The van der Waals surface area contributed by atoms with Gasteiger partial charge in [0.25, 0.3) is 0 Å². The summed E-state index contributed by atoms with van der Waals surface area (Å²) < 4.78 is 24.2. The fourth-order valence-electron chi connectivity index (χ4n) is 0.537. The second-order valence-electron chi connectivity index (χ2n) is 1.72. The molecule has 0 amide bonds. The van der Waals surface area contributed by atoms with Crippen molar-refractivity contribution >= 4 is 24.0 Å². The highest BCUT2D eigenvalue weighted by atomic mass is 35.5. The van der Waals surface area contributed by atoms with Crippen molar-refractivity contribution in [2.24, 2.45) is 0 Å². The summed E-state index contributed by atoms with van der Waals surface area (Å²) in [5.41, 5.74) is 0. The highest BCUT2D eigenvalue weighted by Crippen LogP contribution is 2.13. The third kappa shape index (κ3) is 1.94. The number of carbonyl (C=O) groups is 2. The van der Waals surface area contributed by atoms with Gasteiger partial charge in [-0.1, -0.05) is 0 Å². The van der Waals surface area contributed by atoms with Gasteiger partial charge < -0.3 is 0 Å². The number of hydrogen-bond acceptors (Lipinski definition) is 2. The summed E-state index contributed by atoms with van der Waals surface area (Å²) in [5, 5.41) is 0. The van der Waals surface area contributed by atoms with Crippen molar-refractivity contribution in [1.29, 1.82) is 0 Å². The summed E-state index contributed by atoms with van der Waals surface area (Å²) in [6.45, 7) is 0. The van der Waals surface area contributed by atoms with Crippen LogP contribution >= 0.6 is 12.4 Å². The molecule has 0 radical (unpaired) electrons. The molecule has 0 aromatic carbocycles. The maximum atomic E-state index is 12.1. The van der Waals surface area contributed by atoms with Crippen molar-refractivity contribution in [3.63, 3.8) is 0 Å². The van der Waals surface area contributed by atoms with E-state index in [0.29, 0.717) is 12.2 Å². The van der Waals surface area contributed by atoms with Gasteiger partial charge in [0.05, 0.1) is 0 Å². The number of allylic oxidation sites excluding steroid dienone is 4. The third-order valence-electron chi connectivity index (χ3n) is 0.972. The van der Waals surface area contributed by atoms with E-state index in [4.69, 9.17) is 0 Å². The van der Waals surface area contributed by atoms with Crippen molar-refractivity contribution in [3.8, 4) is 0 Å². The highest BCUT2D eigenvalue weighted by molar-refractivity contribution is 6.18. The SMILES string of the molecule is Cl.O=C1C=C(F)C(=O)C(F)=C1. The monoisotopic (exact) mass is 180 g/mol. The standard InChI is InChI=1S/C6H2F2O2.ClH/c7-4-1-3(9)2-5(8)6(4)10;/h1-2H;1H. The Labute approximate surface area is 67.0 Å². The Morgan fingerprint density at radius 3 is 1.73 bits per heavy atom. The van der Waals surface area contributed by atoms with Crippen LogP contribution in [0.2, 0.25) is 0 Å². The summed E-state index contributed by atoms with van der Waals surface area (Å²) in [7, 11) is 0. The molecule has 1 aliphatic carbocycles. The molecule has 0 fully saturated rings.